The van der Waals surface area contributed by atoms with E-state index in [4.69, 9.17) is 0 Å². The Morgan fingerprint density at radius 1 is 1.53 bits per heavy atom. The summed E-state index contributed by atoms with van der Waals surface area (Å²) >= 11 is 3.13. The lowest BCUT2D eigenvalue weighted by Gasteiger charge is -2.37. The number of aromatic nitrogens is 2. The average molecular weight is 298 g/mol. The topological polar surface area (TPSA) is 58.1 Å². The number of amides is 1. The van der Waals surface area contributed by atoms with E-state index in [1.165, 1.54) is 43.9 Å². The maximum absolute atomic E-state index is 11.0. The molecule has 3 rings (SSSR count). The normalized spacial score (nSPS) is 25.5. The van der Waals surface area contributed by atoms with Gasteiger partial charge in [-0.1, -0.05) is 17.8 Å². The van der Waals surface area contributed by atoms with Gasteiger partial charge in [0, 0.05) is 19.5 Å². The molecule has 2 heterocycles. The van der Waals surface area contributed by atoms with Gasteiger partial charge >= 0.3 is 0 Å². The zero-order valence-electron chi connectivity index (χ0n) is 11.2. The first-order chi connectivity index (χ1) is 9.06. The molecule has 1 amide bonds. The molecule has 104 valence electrons. The van der Waals surface area contributed by atoms with Crippen LogP contribution in [0.4, 0.5) is 5.13 Å². The van der Waals surface area contributed by atoms with Gasteiger partial charge in [-0.3, -0.25) is 4.79 Å². The fraction of sp³-hybridized carbons (Fsp3) is 0.750. The van der Waals surface area contributed by atoms with Crippen LogP contribution in [0, 0.1) is 5.41 Å². The molecule has 0 aromatic carbocycles. The minimum atomic E-state index is -0.101. The van der Waals surface area contributed by atoms with Crippen LogP contribution in [-0.2, 0) is 4.79 Å². The molecule has 1 aliphatic heterocycles. The molecule has 0 bridgehead atoms. The van der Waals surface area contributed by atoms with E-state index in [1.54, 1.807) is 11.9 Å². The molecule has 0 radical (unpaired) electrons. The monoisotopic (exact) mass is 298 g/mol. The third-order valence-electron chi connectivity index (χ3n) is 4.01. The Bertz CT molecular complexity index is 486. The fourth-order valence-corrected chi connectivity index (χ4v) is 5.06. The highest BCUT2D eigenvalue weighted by Gasteiger charge is 2.46. The predicted octanol–water partition coefficient (Wildman–Crippen LogP) is 2.77. The van der Waals surface area contributed by atoms with E-state index in [9.17, 15) is 4.79 Å². The minimum Gasteiger partial charge on any atom is -0.301 e. The first kappa shape index (κ1) is 13.3. The summed E-state index contributed by atoms with van der Waals surface area (Å²) in [5.41, 5.74) is 0.581. The van der Waals surface area contributed by atoms with Crippen LogP contribution in [0.5, 0.6) is 0 Å². The summed E-state index contributed by atoms with van der Waals surface area (Å²) in [4.78, 5) is 11.0. The number of anilines is 1. The van der Waals surface area contributed by atoms with Crippen molar-refractivity contribution in [1.82, 2.24) is 14.5 Å². The number of hydrogen-bond acceptors (Lipinski definition) is 6. The van der Waals surface area contributed by atoms with Crippen LogP contribution in [0.15, 0.2) is 4.34 Å². The van der Waals surface area contributed by atoms with Crippen LogP contribution >= 0.6 is 23.3 Å². The molecule has 1 aliphatic carbocycles. The van der Waals surface area contributed by atoms with Crippen molar-refractivity contribution in [3.63, 3.8) is 0 Å². The van der Waals surface area contributed by atoms with Crippen molar-refractivity contribution in [2.75, 3.05) is 11.9 Å². The zero-order chi connectivity index (χ0) is 13.5. The van der Waals surface area contributed by atoms with Crippen molar-refractivity contribution >= 4 is 34.3 Å². The second kappa shape index (κ2) is 5.03. The Balaban J connectivity index is 1.62. The number of nitrogens with one attached hydrogen (secondary N) is 1. The van der Waals surface area contributed by atoms with Gasteiger partial charge in [-0.2, -0.15) is 0 Å². The Labute approximate surface area is 121 Å². The van der Waals surface area contributed by atoms with Gasteiger partial charge in [0.2, 0.25) is 11.0 Å². The van der Waals surface area contributed by atoms with Crippen LogP contribution in [0.2, 0.25) is 0 Å². The number of carbonyl (C=O) groups is 1. The van der Waals surface area contributed by atoms with Crippen LogP contribution in [0.25, 0.3) is 0 Å². The molecule has 1 N–H and O–H groups in total. The lowest BCUT2D eigenvalue weighted by Crippen LogP contribution is -2.31. The summed E-state index contributed by atoms with van der Waals surface area (Å²) < 4.78 is 3.34. The Morgan fingerprint density at radius 3 is 2.89 bits per heavy atom. The quantitative estimate of drug-likeness (QED) is 0.687. The summed E-state index contributed by atoms with van der Waals surface area (Å²) in [7, 11) is 0. The molecule has 7 heteroatoms. The van der Waals surface area contributed by atoms with Crippen molar-refractivity contribution < 1.29 is 4.79 Å². The Morgan fingerprint density at radius 2 is 2.32 bits per heavy atom. The largest absolute Gasteiger partial charge is 0.301 e. The van der Waals surface area contributed by atoms with E-state index in [0.717, 1.165) is 10.9 Å². The van der Waals surface area contributed by atoms with Crippen LogP contribution in [0.1, 0.15) is 39.5 Å². The first-order valence-corrected chi connectivity index (χ1v) is 8.21. The smallest absolute Gasteiger partial charge is 0.223 e. The lowest BCUT2D eigenvalue weighted by atomic mass is 9.68. The van der Waals surface area contributed by atoms with Gasteiger partial charge in [0.05, 0.1) is 0 Å². The van der Waals surface area contributed by atoms with Crippen LogP contribution in [-0.4, -0.2) is 33.0 Å². The second-order valence-electron chi connectivity index (χ2n) is 5.63. The molecule has 1 aromatic rings. The Hall–Kier alpha value is -0.660. The van der Waals surface area contributed by atoms with E-state index in [1.807, 2.05) is 0 Å². The second-order valence-corrected chi connectivity index (χ2v) is 7.90. The standard InChI is InChI=1S/C12H18N4OS2/c1-8-6-12(4-3-5-12)7-16(8)19-11-15-14-10(18-11)13-9(2)17/h8H,3-7H2,1-2H3,(H,13,14,17). The predicted molar refractivity (Wildman–Crippen MR) is 77.1 cm³/mol. The van der Waals surface area contributed by atoms with Gasteiger partial charge < -0.3 is 5.32 Å². The van der Waals surface area contributed by atoms with Crippen LogP contribution < -0.4 is 5.32 Å². The van der Waals surface area contributed by atoms with Crippen LogP contribution in [0.3, 0.4) is 0 Å². The van der Waals surface area contributed by atoms with Crippen molar-refractivity contribution in [2.45, 2.75) is 49.9 Å². The highest BCUT2D eigenvalue weighted by atomic mass is 32.2. The molecular weight excluding hydrogens is 280 g/mol. The van der Waals surface area contributed by atoms with Crippen molar-refractivity contribution in [3.8, 4) is 0 Å². The number of nitrogens with zero attached hydrogens (tertiary/aromatic N) is 3. The summed E-state index contributed by atoms with van der Waals surface area (Å²) in [6.45, 7) is 4.93. The third kappa shape index (κ3) is 2.78. The molecule has 2 aliphatic rings. The summed E-state index contributed by atoms with van der Waals surface area (Å²) in [6, 6.07) is 0.596. The van der Waals surface area contributed by atoms with E-state index < -0.39 is 0 Å². The fourth-order valence-electron chi connectivity index (χ4n) is 2.99. The van der Waals surface area contributed by atoms with Gasteiger partial charge in [0.1, 0.15) is 0 Å². The maximum atomic E-state index is 11.0. The SMILES string of the molecule is CC(=O)Nc1nnc(SN2CC3(CCC3)CC2C)s1. The average Bonchev–Trinajstić information content (AvgIpc) is 2.84. The lowest BCUT2D eigenvalue weighted by molar-refractivity contribution is -0.114. The molecule has 2 fully saturated rings. The molecular formula is C12H18N4OS2. The van der Waals surface area contributed by atoms with Gasteiger partial charge in [-0.25, -0.2) is 4.31 Å². The molecule has 1 spiro atoms. The Kier molecular flexibility index (Phi) is 3.53. The number of carbonyl (C=O) groups excluding carboxylic acids is 1. The summed E-state index contributed by atoms with van der Waals surface area (Å²) in [5, 5.41) is 11.4. The van der Waals surface area contributed by atoms with E-state index in [-0.39, 0.29) is 5.91 Å². The molecule has 19 heavy (non-hydrogen) atoms. The highest BCUT2D eigenvalue weighted by Crippen LogP contribution is 2.52. The summed E-state index contributed by atoms with van der Waals surface area (Å²) in [6.07, 6.45) is 5.44. The highest BCUT2D eigenvalue weighted by molar-refractivity contribution is 7.98. The van der Waals surface area contributed by atoms with E-state index in [0.29, 0.717) is 16.6 Å². The molecule has 1 aromatic heterocycles. The van der Waals surface area contributed by atoms with Crippen molar-refractivity contribution in [1.29, 1.82) is 0 Å². The molecule has 1 saturated carbocycles. The number of rotatable bonds is 3. The number of hydrogen-bond donors (Lipinski definition) is 1. The van der Waals surface area contributed by atoms with Gasteiger partial charge in [-0.15, -0.1) is 10.2 Å². The van der Waals surface area contributed by atoms with Gasteiger partial charge in [0.15, 0.2) is 4.34 Å². The zero-order valence-corrected chi connectivity index (χ0v) is 12.8. The van der Waals surface area contributed by atoms with E-state index in [2.05, 4.69) is 26.7 Å². The maximum Gasteiger partial charge on any atom is 0.223 e. The van der Waals surface area contributed by atoms with Gasteiger partial charge in [-0.05, 0) is 43.5 Å². The van der Waals surface area contributed by atoms with Crippen molar-refractivity contribution in [3.05, 3.63) is 0 Å². The third-order valence-corrected chi connectivity index (χ3v) is 6.08. The molecule has 5 nitrogen and oxygen atoms in total. The minimum absolute atomic E-state index is 0.101. The first-order valence-electron chi connectivity index (χ1n) is 6.62. The summed E-state index contributed by atoms with van der Waals surface area (Å²) in [5.74, 6) is -0.101. The van der Waals surface area contributed by atoms with Gasteiger partial charge in [0.25, 0.3) is 0 Å². The van der Waals surface area contributed by atoms with E-state index >= 15 is 0 Å². The molecule has 1 saturated heterocycles. The van der Waals surface area contributed by atoms with Crippen molar-refractivity contribution in [2.24, 2.45) is 5.41 Å². The molecule has 1 atom stereocenters. The molecule has 1 unspecified atom stereocenters.